The molecule has 3 heterocycles. The molecule has 0 aromatic carbocycles. The minimum Gasteiger partial charge on any atom is -0.479 e. The Morgan fingerprint density at radius 3 is 2.79 bits per heavy atom. The number of methoxy groups -OCH3 is 2. The Morgan fingerprint density at radius 1 is 1.16 bits per heavy atom. The zero-order chi connectivity index (χ0) is 13.2. The topological polar surface area (TPSA) is 75.0 Å². The second-order valence-electron chi connectivity index (χ2n) is 3.76. The van der Waals surface area contributed by atoms with Crippen molar-refractivity contribution in [3.8, 4) is 17.6 Å². The van der Waals surface area contributed by atoms with Gasteiger partial charge in [-0.1, -0.05) is 0 Å². The van der Waals surface area contributed by atoms with Crippen LogP contribution in [-0.2, 0) is 0 Å². The number of nitrogens with zero attached hydrogens (tertiary/aromatic N) is 5. The third kappa shape index (κ3) is 1.95. The van der Waals surface area contributed by atoms with Crippen LogP contribution in [0, 0.1) is 0 Å². The van der Waals surface area contributed by atoms with E-state index < -0.39 is 0 Å². The number of fused-ring (bicyclic) bond motifs is 1. The van der Waals surface area contributed by atoms with Gasteiger partial charge in [0.05, 0.1) is 25.9 Å². The summed E-state index contributed by atoms with van der Waals surface area (Å²) in [5, 5.41) is 5.35. The Bertz CT molecular complexity index is 692. The number of pyridine rings is 1. The highest BCUT2D eigenvalue weighted by molar-refractivity contribution is 5.77. The smallest absolute Gasteiger partial charge is 0.319 e. The monoisotopic (exact) mass is 257 g/mol. The number of rotatable bonds is 3. The number of hydrogen-bond acceptors (Lipinski definition) is 6. The third-order valence-corrected chi connectivity index (χ3v) is 2.64. The molecule has 3 rings (SSSR count). The molecule has 0 atom stereocenters. The van der Waals surface area contributed by atoms with Crippen LogP contribution in [0.4, 0.5) is 0 Å². The van der Waals surface area contributed by atoms with Gasteiger partial charge in [0.25, 0.3) is 0 Å². The Morgan fingerprint density at radius 2 is 2.05 bits per heavy atom. The number of aromatic nitrogens is 5. The molecular formula is C12H11N5O2. The van der Waals surface area contributed by atoms with Gasteiger partial charge < -0.3 is 9.47 Å². The molecular weight excluding hydrogens is 246 g/mol. The van der Waals surface area contributed by atoms with Crippen LogP contribution in [0.5, 0.6) is 11.9 Å². The molecule has 0 saturated carbocycles. The van der Waals surface area contributed by atoms with Gasteiger partial charge in [-0.2, -0.15) is 10.1 Å². The maximum absolute atomic E-state index is 5.23. The molecule has 7 nitrogen and oxygen atoms in total. The van der Waals surface area contributed by atoms with Gasteiger partial charge in [0.15, 0.2) is 0 Å². The van der Waals surface area contributed by atoms with Gasteiger partial charge in [-0.3, -0.25) is 4.98 Å². The third-order valence-electron chi connectivity index (χ3n) is 2.64. The molecule has 0 aliphatic carbocycles. The van der Waals surface area contributed by atoms with Crippen molar-refractivity contribution in [2.75, 3.05) is 14.2 Å². The average Bonchev–Trinajstić information content (AvgIpc) is 2.90. The highest BCUT2D eigenvalue weighted by Gasteiger charge is 2.11. The second-order valence-corrected chi connectivity index (χ2v) is 3.76. The molecule has 96 valence electrons. The van der Waals surface area contributed by atoms with Gasteiger partial charge in [0, 0.05) is 24.0 Å². The fourth-order valence-electron chi connectivity index (χ4n) is 1.74. The fraction of sp³-hybridized carbons (Fsp3) is 0.167. The van der Waals surface area contributed by atoms with E-state index in [0.717, 1.165) is 10.9 Å². The van der Waals surface area contributed by atoms with E-state index in [-0.39, 0.29) is 6.01 Å². The summed E-state index contributed by atoms with van der Waals surface area (Å²) in [7, 11) is 3.04. The van der Waals surface area contributed by atoms with E-state index in [1.165, 1.54) is 14.2 Å². The Kier molecular flexibility index (Phi) is 2.71. The molecule has 0 saturated heterocycles. The lowest BCUT2D eigenvalue weighted by atomic mass is 10.3. The minimum absolute atomic E-state index is 0.249. The SMILES string of the molecule is COc1ncc(-n2cc3cnccc3n2)c(OC)n1. The fourth-order valence-corrected chi connectivity index (χ4v) is 1.74. The summed E-state index contributed by atoms with van der Waals surface area (Å²) in [6.07, 6.45) is 6.89. The summed E-state index contributed by atoms with van der Waals surface area (Å²) in [4.78, 5) is 12.2. The molecule has 7 heteroatoms. The van der Waals surface area contributed by atoms with E-state index in [9.17, 15) is 0 Å². The molecule has 0 bridgehead atoms. The first-order valence-corrected chi connectivity index (χ1v) is 5.56. The maximum Gasteiger partial charge on any atom is 0.319 e. The quantitative estimate of drug-likeness (QED) is 0.702. The van der Waals surface area contributed by atoms with Crippen molar-refractivity contribution < 1.29 is 9.47 Å². The van der Waals surface area contributed by atoms with Gasteiger partial charge in [0.1, 0.15) is 5.69 Å². The van der Waals surface area contributed by atoms with Crippen LogP contribution in [0.1, 0.15) is 0 Å². The Balaban J connectivity index is 2.15. The van der Waals surface area contributed by atoms with Gasteiger partial charge >= 0.3 is 6.01 Å². The zero-order valence-corrected chi connectivity index (χ0v) is 10.4. The van der Waals surface area contributed by atoms with Crippen LogP contribution < -0.4 is 9.47 Å². The molecule has 0 amide bonds. The summed E-state index contributed by atoms with van der Waals surface area (Å²) < 4.78 is 11.9. The highest BCUT2D eigenvalue weighted by atomic mass is 16.5. The summed E-state index contributed by atoms with van der Waals surface area (Å²) >= 11 is 0. The van der Waals surface area contributed by atoms with E-state index in [0.29, 0.717) is 11.6 Å². The maximum atomic E-state index is 5.23. The van der Waals surface area contributed by atoms with Crippen LogP contribution in [0.15, 0.2) is 30.9 Å². The lowest BCUT2D eigenvalue weighted by Crippen LogP contribution is -2.03. The van der Waals surface area contributed by atoms with Crippen LogP contribution >= 0.6 is 0 Å². The molecule has 0 spiro atoms. The van der Waals surface area contributed by atoms with Crippen molar-refractivity contribution in [2.24, 2.45) is 0 Å². The van der Waals surface area contributed by atoms with Crippen molar-refractivity contribution in [1.29, 1.82) is 0 Å². The molecule has 0 aliphatic rings. The van der Waals surface area contributed by atoms with E-state index >= 15 is 0 Å². The van der Waals surface area contributed by atoms with Crippen LogP contribution in [-0.4, -0.2) is 39.0 Å². The molecule has 19 heavy (non-hydrogen) atoms. The summed E-state index contributed by atoms with van der Waals surface area (Å²) in [5.74, 6) is 0.396. The van der Waals surface area contributed by atoms with E-state index in [4.69, 9.17) is 9.47 Å². The van der Waals surface area contributed by atoms with Crippen molar-refractivity contribution in [2.45, 2.75) is 0 Å². The molecule has 0 N–H and O–H groups in total. The van der Waals surface area contributed by atoms with Gasteiger partial charge in [0.2, 0.25) is 5.88 Å². The van der Waals surface area contributed by atoms with E-state index in [1.807, 2.05) is 12.3 Å². The summed E-state index contributed by atoms with van der Waals surface area (Å²) in [6, 6.07) is 2.09. The molecule has 0 radical (unpaired) electrons. The average molecular weight is 257 g/mol. The number of ether oxygens (including phenoxy) is 2. The van der Waals surface area contributed by atoms with E-state index in [1.54, 1.807) is 23.3 Å². The molecule has 3 aromatic heterocycles. The van der Waals surface area contributed by atoms with Crippen LogP contribution in [0.3, 0.4) is 0 Å². The first-order valence-electron chi connectivity index (χ1n) is 5.56. The Hall–Kier alpha value is -2.70. The molecule has 0 unspecified atom stereocenters. The van der Waals surface area contributed by atoms with Crippen molar-refractivity contribution in [3.63, 3.8) is 0 Å². The first-order chi connectivity index (χ1) is 9.31. The molecule has 0 fully saturated rings. The second kappa shape index (κ2) is 4.52. The number of hydrogen-bond donors (Lipinski definition) is 0. The summed E-state index contributed by atoms with van der Waals surface area (Å²) in [6.45, 7) is 0. The lowest BCUT2D eigenvalue weighted by molar-refractivity contribution is 0.350. The minimum atomic E-state index is 0.249. The standard InChI is InChI=1S/C12H11N5O2/c1-18-11-10(6-14-12(15-11)19-2)17-7-8-5-13-4-3-9(8)16-17/h3-7H,1-2H3. The highest BCUT2D eigenvalue weighted by Crippen LogP contribution is 2.22. The van der Waals surface area contributed by atoms with E-state index in [2.05, 4.69) is 20.1 Å². The lowest BCUT2D eigenvalue weighted by Gasteiger charge is -2.07. The van der Waals surface area contributed by atoms with Gasteiger partial charge in [-0.05, 0) is 6.07 Å². The van der Waals surface area contributed by atoms with Crippen molar-refractivity contribution >= 4 is 10.9 Å². The molecule has 3 aromatic rings. The zero-order valence-electron chi connectivity index (χ0n) is 10.4. The van der Waals surface area contributed by atoms with Crippen molar-refractivity contribution in [1.82, 2.24) is 24.7 Å². The van der Waals surface area contributed by atoms with Crippen molar-refractivity contribution in [3.05, 3.63) is 30.9 Å². The predicted octanol–water partition coefficient (Wildman–Crippen LogP) is 1.23. The Labute approximate surface area is 108 Å². The van der Waals surface area contributed by atoms with Crippen LogP contribution in [0.2, 0.25) is 0 Å². The first kappa shape index (κ1) is 11.4. The molecule has 0 aliphatic heterocycles. The predicted molar refractivity (Wildman–Crippen MR) is 67.6 cm³/mol. The van der Waals surface area contributed by atoms with Gasteiger partial charge in [-0.15, -0.1) is 0 Å². The van der Waals surface area contributed by atoms with Crippen LogP contribution in [0.25, 0.3) is 16.6 Å². The largest absolute Gasteiger partial charge is 0.479 e. The summed E-state index contributed by atoms with van der Waals surface area (Å²) in [5.41, 5.74) is 1.48. The normalized spacial score (nSPS) is 10.6. The van der Waals surface area contributed by atoms with Gasteiger partial charge in [-0.25, -0.2) is 9.67 Å².